The second-order valence-electron chi connectivity index (χ2n) is 4.10. The second-order valence-corrected chi connectivity index (χ2v) is 4.10. The summed E-state index contributed by atoms with van der Waals surface area (Å²) in [6.07, 6.45) is 0.562. The molecule has 1 aromatic rings. The molecule has 0 aliphatic carbocycles. The summed E-state index contributed by atoms with van der Waals surface area (Å²) in [6, 6.07) is 0.162. The zero-order valence-electron chi connectivity index (χ0n) is 10.2. The van der Waals surface area contributed by atoms with Crippen LogP contribution in [0.5, 0.6) is 6.01 Å². The number of hydrogen-bond acceptors (Lipinski definition) is 8. The largest absolute Gasteiger partial charge is 0.467 e. The smallest absolute Gasteiger partial charge is 0.322 e. The van der Waals surface area contributed by atoms with E-state index in [1.54, 1.807) is 0 Å². The Bertz CT molecular complexity index is 348. The summed E-state index contributed by atoms with van der Waals surface area (Å²) in [5.41, 5.74) is 1.99. The lowest BCUT2D eigenvalue weighted by atomic mass is 10.0. The predicted molar refractivity (Wildman–Crippen MR) is 63.6 cm³/mol. The number of aliphatic hydroxyl groups is 1. The number of anilines is 2. The van der Waals surface area contributed by atoms with E-state index < -0.39 is 0 Å². The molecule has 0 atom stereocenters. The molecule has 0 aromatic carbocycles. The van der Waals surface area contributed by atoms with Crippen molar-refractivity contribution >= 4 is 11.9 Å². The summed E-state index contributed by atoms with van der Waals surface area (Å²) >= 11 is 0. The van der Waals surface area contributed by atoms with Crippen LogP contribution in [0.3, 0.4) is 0 Å². The van der Waals surface area contributed by atoms with Crippen LogP contribution in [0.25, 0.3) is 0 Å². The molecule has 1 rings (SSSR count). The van der Waals surface area contributed by atoms with Gasteiger partial charge in [0.05, 0.1) is 7.11 Å². The van der Waals surface area contributed by atoms with E-state index in [1.807, 2.05) is 13.8 Å². The summed E-state index contributed by atoms with van der Waals surface area (Å²) in [5, 5.41) is 12.0. The summed E-state index contributed by atoms with van der Waals surface area (Å²) in [4.78, 5) is 11.9. The van der Waals surface area contributed by atoms with Gasteiger partial charge in [0.2, 0.25) is 11.9 Å². The highest BCUT2D eigenvalue weighted by atomic mass is 16.5. The van der Waals surface area contributed by atoms with Crippen LogP contribution >= 0.6 is 0 Å². The summed E-state index contributed by atoms with van der Waals surface area (Å²) in [7, 11) is 1.46. The van der Waals surface area contributed by atoms with Crippen LogP contribution < -0.4 is 21.3 Å². The maximum absolute atomic E-state index is 8.93. The Morgan fingerprint density at radius 1 is 1.29 bits per heavy atom. The molecule has 17 heavy (non-hydrogen) atoms. The van der Waals surface area contributed by atoms with Crippen LogP contribution in [0.4, 0.5) is 11.9 Å². The minimum absolute atomic E-state index is 0.0736. The van der Waals surface area contributed by atoms with E-state index in [1.165, 1.54) is 7.11 Å². The Labute approximate surface area is 99.6 Å². The van der Waals surface area contributed by atoms with E-state index in [2.05, 4.69) is 25.7 Å². The van der Waals surface area contributed by atoms with Crippen molar-refractivity contribution < 1.29 is 9.84 Å². The first-order valence-corrected chi connectivity index (χ1v) is 5.16. The molecule has 5 N–H and O–H groups in total. The average molecular weight is 242 g/mol. The molecule has 0 amide bonds. The SMILES string of the molecule is COc1nc(NN)nc(NC(C)(C)CCO)n1. The van der Waals surface area contributed by atoms with Crippen molar-refractivity contribution in [2.45, 2.75) is 25.8 Å². The van der Waals surface area contributed by atoms with Gasteiger partial charge in [-0.25, -0.2) is 5.84 Å². The predicted octanol–water partition coefficient (Wildman–Crippen LogP) is -0.261. The zero-order valence-corrected chi connectivity index (χ0v) is 10.2. The van der Waals surface area contributed by atoms with Crippen molar-refractivity contribution in [1.29, 1.82) is 0 Å². The number of methoxy groups -OCH3 is 1. The van der Waals surface area contributed by atoms with E-state index in [0.29, 0.717) is 12.4 Å². The number of aliphatic hydroxyl groups excluding tert-OH is 1. The fraction of sp³-hybridized carbons (Fsp3) is 0.667. The Kier molecular flexibility index (Phi) is 4.41. The summed E-state index contributed by atoms with van der Waals surface area (Å²) in [6.45, 7) is 3.92. The molecule has 8 heteroatoms. The van der Waals surface area contributed by atoms with Crippen molar-refractivity contribution in [1.82, 2.24) is 15.0 Å². The minimum Gasteiger partial charge on any atom is -0.467 e. The van der Waals surface area contributed by atoms with Crippen LogP contribution in [-0.2, 0) is 0 Å². The van der Waals surface area contributed by atoms with Crippen molar-refractivity contribution in [3.8, 4) is 6.01 Å². The van der Waals surface area contributed by atoms with Gasteiger partial charge in [-0.2, -0.15) is 15.0 Å². The van der Waals surface area contributed by atoms with Crippen molar-refractivity contribution in [2.24, 2.45) is 5.84 Å². The topological polar surface area (TPSA) is 118 Å². The van der Waals surface area contributed by atoms with Gasteiger partial charge in [-0.05, 0) is 20.3 Å². The van der Waals surface area contributed by atoms with E-state index in [0.717, 1.165) is 0 Å². The molecule has 96 valence electrons. The lowest BCUT2D eigenvalue weighted by Crippen LogP contribution is -2.33. The Hall–Kier alpha value is -1.67. The van der Waals surface area contributed by atoms with Gasteiger partial charge < -0.3 is 15.2 Å². The highest BCUT2D eigenvalue weighted by Crippen LogP contribution is 2.17. The summed E-state index contributed by atoms with van der Waals surface area (Å²) in [5.74, 6) is 5.78. The van der Waals surface area contributed by atoms with Crippen LogP contribution in [0.2, 0.25) is 0 Å². The highest BCUT2D eigenvalue weighted by molar-refractivity contribution is 5.36. The Morgan fingerprint density at radius 3 is 2.47 bits per heavy atom. The Balaban J connectivity index is 2.89. The van der Waals surface area contributed by atoms with Crippen molar-refractivity contribution in [2.75, 3.05) is 24.5 Å². The third-order valence-corrected chi connectivity index (χ3v) is 2.11. The number of hydrazine groups is 1. The van der Waals surface area contributed by atoms with Crippen molar-refractivity contribution in [3.05, 3.63) is 0 Å². The molecule has 0 bridgehead atoms. The van der Waals surface area contributed by atoms with E-state index in [-0.39, 0.29) is 24.1 Å². The van der Waals surface area contributed by atoms with E-state index in [9.17, 15) is 0 Å². The quantitative estimate of drug-likeness (QED) is 0.398. The third-order valence-electron chi connectivity index (χ3n) is 2.11. The first kappa shape index (κ1) is 13.4. The lowest BCUT2D eigenvalue weighted by Gasteiger charge is -2.25. The molecule has 0 saturated carbocycles. The number of rotatable bonds is 6. The number of nitrogen functional groups attached to an aromatic ring is 1. The monoisotopic (exact) mass is 242 g/mol. The van der Waals surface area contributed by atoms with Crippen LogP contribution in [0, 0.1) is 0 Å². The van der Waals surface area contributed by atoms with Crippen molar-refractivity contribution in [3.63, 3.8) is 0 Å². The molecule has 1 heterocycles. The lowest BCUT2D eigenvalue weighted by molar-refractivity contribution is 0.260. The van der Waals surface area contributed by atoms with Gasteiger partial charge in [0.25, 0.3) is 0 Å². The molecule has 0 fully saturated rings. The highest BCUT2D eigenvalue weighted by Gasteiger charge is 2.19. The molecule has 0 aliphatic rings. The van der Waals surface area contributed by atoms with Gasteiger partial charge in [-0.3, -0.25) is 5.43 Å². The van der Waals surface area contributed by atoms with Crippen LogP contribution in [0.1, 0.15) is 20.3 Å². The number of nitrogens with two attached hydrogens (primary N) is 1. The van der Waals surface area contributed by atoms with Gasteiger partial charge in [-0.15, -0.1) is 0 Å². The number of nitrogens with one attached hydrogen (secondary N) is 2. The summed E-state index contributed by atoms with van der Waals surface area (Å²) < 4.78 is 4.92. The van der Waals surface area contributed by atoms with Crippen LogP contribution in [-0.4, -0.2) is 39.3 Å². The molecule has 0 radical (unpaired) electrons. The molecule has 0 aliphatic heterocycles. The number of nitrogens with zero attached hydrogens (tertiary/aromatic N) is 3. The van der Waals surface area contributed by atoms with Gasteiger partial charge in [-0.1, -0.05) is 0 Å². The molecular weight excluding hydrogens is 224 g/mol. The van der Waals surface area contributed by atoms with Gasteiger partial charge in [0.1, 0.15) is 0 Å². The number of hydrogen-bond donors (Lipinski definition) is 4. The average Bonchev–Trinajstić information content (AvgIpc) is 2.27. The maximum atomic E-state index is 8.93. The minimum atomic E-state index is -0.340. The molecule has 1 aromatic heterocycles. The molecular formula is C9H18N6O2. The fourth-order valence-corrected chi connectivity index (χ4v) is 1.21. The molecule has 0 spiro atoms. The molecule has 0 saturated heterocycles. The van der Waals surface area contributed by atoms with E-state index >= 15 is 0 Å². The van der Waals surface area contributed by atoms with E-state index in [4.69, 9.17) is 15.7 Å². The van der Waals surface area contributed by atoms with Gasteiger partial charge in [0.15, 0.2) is 0 Å². The molecule has 0 unspecified atom stereocenters. The molecule has 8 nitrogen and oxygen atoms in total. The standard InChI is InChI=1S/C9H18N6O2/c1-9(2,4-5-16)14-6-11-7(15-10)13-8(12-6)17-3/h16H,4-5,10H2,1-3H3,(H2,11,12,13,14,15). The zero-order chi connectivity index (χ0) is 12.9. The third kappa shape index (κ3) is 4.00. The normalized spacial score (nSPS) is 11.1. The Morgan fingerprint density at radius 2 is 1.94 bits per heavy atom. The number of aromatic nitrogens is 3. The van der Waals surface area contributed by atoms with Gasteiger partial charge >= 0.3 is 6.01 Å². The first-order chi connectivity index (χ1) is 8.00. The van der Waals surface area contributed by atoms with Crippen LogP contribution in [0.15, 0.2) is 0 Å². The van der Waals surface area contributed by atoms with Gasteiger partial charge in [0, 0.05) is 12.1 Å². The second kappa shape index (κ2) is 5.60. The fourth-order valence-electron chi connectivity index (χ4n) is 1.21. The maximum Gasteiger partial charge on any atom is 0.322 e. The number of ether oxygens (including phenoxy) is 1. The first-order valence-electron chi connectivity index (χ1n) is 5.16.